The third-order valence-corrected chi connectivity index (χ3v) is 3.52. The zero-order valence-corrected chi connectivity index (χ0v) is 11.5. The first-order valence-corrected chi connectivity index (χ1v) is 6.88. The summed E-state index contributed by atoms with van der Waals surface area (Å²) in [5, 5.41) is 14.7. The summed E-state index contributed by atoms with van der Waals surface area (Å²) in [5.41, 5.74) is 1.03. The van der Waals surface area contributed by atoms with Crippen LogP contribution in [-0.4, -0.2) is 29.6 Å². The third-order valence-electron chi connectivity index (χ3n) is 3.52. The van der Waals surface area contributed by atoms with E-state index in [1.807, 2.05) is 37.3 Å². The smallest absolute Gasteiger partial charge is 0.320 e. The van der Waals surface area contributed by atoms with Gasteiger partial charge in [0.25, 0.3) is 0 Å². The van der Waals surface area contributed by atoms with Crippen LogP contribution in [0, 0.1) is 5.92 Å². The first kappa shape index (κ1) is 14.5. The summed E-state index contributed by atoms with van der Waals surface area (Å²) in [6, 6.07) is 8.97. The first-order chi connectivity index (χ1) is 9.58. The van der Waals surface area contributed by atoms with Crippen LogP contribution in [0.5, 0.6) is 0 Å². The number of carboxylic acids is 1. The van der Waals surface area contributed by atoms with Crippen LogP contribution in [0.3, 0.4) is 0 Å². The zero-order valence-electron chi connectivity index (χ0n) is 11.5. The van der Waals surface area contributed by atoms with Gasteiger partial charge in [0.2, 0.25) is 5.91 Å². The summed E-state index contributed by atoms with van der Waals surface area (Å²) >= 11 is 0. The maximum Gasteiger partial charge on any atom is 0.320 e. The van der Waals surface area contributed by atoms with Gasteiger partial charge < -0.3 is 10.4 Å². The van der Waals surface area contributed by atoms with Crippen molar-refractivity contribution in [2.45, 2.75) is 31.8 Å². The van der Waals surface area contributed by atoms with Gasteiger partial charge in [-0.3, -0.25) is 14.9 Å². The van der Waals surface area contributed by atoms with Gasteiger partial charge in [0.05, 0.1) is 12.6 Å². The van der Waals surface area contributed by atoms with Crippen LogP contribution in [0.15, 0.2) is 30.3 Å². The number of hydrogen-bond acceptors (Lipinski definition) is 3. The zero-order chi connectivity index (χ0) is 14.5. The highest BCUT2D eigenvalue weighted by molar-refractivity contribution is 5.80. The van der Waals surface area contributed by atoms with Crippen molar-refractivity contribution in [2.24, 2.45) is 5.92 Å². The molecular weight excluding hydrogens is 256 g/mol. The summed E-state index contributed by atoms with van der Waals surface area (Å²) in [6.07, 6.45) is 1.85. The minimum absolute atomic E-state index is 0.0324. The molecule has 0 saturated heterocycles. The Morgan fingerprint density at radius 2 is 1.95 bits per heavy atom. The average molecular weight is 276 g/mol. The lowest BCUT2D eigenvalue weighted by Gasteiger charge is -2.17. The van der Waals surface area contributed by atoms with Crippen molar-refractivity contribution in [1.29, 1.82) is 0 Å². The molecule has 108 valence electrons. The number of aliphatic carboxylic acids is 1. The predicted molar refractivity (Wildman–Crippen MR) is 75.2 cm³/mol. The van der Waals surface area contributed by atoms with E-state index in [0.717, 1.165) is 18.4 Å². The molecule has 1 saturated carbocycles. The Bertz CT molecular complexity index is 471. The molecule has 1 aliphatic rings. The molecule has 0 spiro atoms. The fourth-order valence-corrected chi connectivity index (χ4v) is 2.21. The van der Waals surface area contributed by atoms with Crippen LogP contribution in [0.1, 0.15) is 31.4 Å². The van der Waals surface area contributed by atoms with Gasteiger partial charge in [0.1, 0.15) is 6.04 Å². The normalized spacial score (nSPS) is 17.2. The molecule has 0 aromatic heterocycles. The summed E-state index contributed by atoms with van der Waals surface area (Å²) in [6.45, 7) is 1.94. The number of carbonyl (C=O) groups is 2. The van der Waals surface area contributed by atoms with E-state index < -0.39 is 12.0 Å². The molecule has 1 amide bonds. The topological polar surface area (TPSA) is 78.4 Å². The Hall–Kier alpha value is -1.88. The van der Waals surface area contributed by atoms with Crippen LogP contribution in [0.25, 0.3) is 0 Å². The second kappa shape index (κ2) is 6.52. The highest BCUT2D eigenvalue weighted by Crippen LogP contribution is 2.32. The van der Waals surface area contributed by atoms with Crippen molar-refractivity contribution in [2.75, 3.05) is 6.54 Å². The lowest BCUT2D eigenvalue weighted by Crippen LogP contribution is -2.44. The van der Waals surface area contributed by atoms with Crippen LogP contribution in [-0.2, 0) is 9.59 Å². The monoisotopic (exact) mass is 276 g/mol. The van der Waals surface area contributed by atoms with E-state index >= 15 is 0 Å². The molecule has 5 heteroatoms. The van der Waals surface area contributed by atoms with Crippen LogP contribution in [0.2, 0.25) is 0 Å². The van der Waals surface area contributed by atoms with E-state index in [2.05, 4.69) is 10.6 Å². The van der Waals surface area contributed by atoms with E-state index in [1.54, 1.807) is 0 Å². The maximum atomic E-state index is 11.8. The summed E-state index contributed by atoms with van der Waals surface area (Å²) in [5.74, 6) is -0.892. The quantitative estimate of drug-likeness (QED) is 0.702. The van der Waals surface area contributed by atoms with Crippen molar-refractivity contribution < 1.29 is 14.7 Å². The maximum absolute atomic E-state index is 11.8. The summed E-state index contributed by atoms with van der Waals surface area (Å²) in [4.78, 5) is 22.9. The average Bonchev–Trinajstić information content (AvgIpc) is 3.24. The van der Waals surface area contributed by atoms with Crippen molar-refractivity contribution in [3.8, 4) is 0 Å². The lowest BCUT2D eigenvalue weighted by atomic mass is 10.1. The molecule has 5 nitrogen and oxygen atoms in total. The molecule has 20 heavy (non-hydrogen) atoms. The van der Waals surface area contributed by atoms with Gasteiger partial charge in [-0.25, -0.2) is 0 Å². The minimum Gasteiger partial charge on any atom is -0.480 e. The second-order valence-electron chi connectivity index (χ2n) is 5.23. The van der Waals surface area contributed by atoms with Crippen molar-refractivity contribution in [1.82, 2.24) is 10.6 Å². The Morgan fingerprint density at radius 3 is 2.50 bits per heavy atom. The predicted octanol–water partition coefficient (Wildman–Crippen LogP) is 1.32. The molecule has 1 fully saturated rings. The molecule has 1 aromatic carbocycles. The largest absolute Gasteiger partial charge is 0.480 e. The van der Waals surface area contributed by atoms with Crippen molar-refractivity contribution in [3.63, 3.8) is 0 Å². The number of carbonyl (C=O) groups excluding carboxylic acids is 1. The summed E-state index contributed by atoms with van der Waals surface area (Å²) < 4.78 is 0. The first-order valence-electron chi connectivity index (χ1n) is 6.88. The van der Waals surface area contributed by atoms with E-state index in [0.29, 0.717) is 0 Å². The molecule has 2 rings (SSSR count). The van der Waals surface area contributed by atoms with Crippen molar-refractivity contribution in [3.05, 3.63) is 35.9 Å². The molecule has 0 aliphatic heterocycles. The van der Waals surface area contributed by atoms with Crippen LogP contribution < -0.4 is 10.6 Å². The molecule has 2 unspecified atom stereocenters. The number of amides is 1. The highest BCUT2D eigenvalue weighted by atomic mass is 16.4. The molecular formula is C15H20N2O3. The molecule has 3 N–H and O–H groups in total. The number of rotatable bonds is 7. The number of nitrogens with one attached hydrogen (secondary N) is 2. The van der Waals surface area contributed by atoms with Gasteiger partial charge in [0.15, 0.2) is 0 Å². The SMILES string of the molecule is CC(NC(=O)CNC(C(=O)O)C1CC1)c1ccccc1. The van der Waals surface area contributed by atoms with Gasteiger partial charge in [-0.1, -0.05) is 30.3 Å². The fraction of sp³-hybridized carbons (Fsp3) is 0.467. The minimum atomic E-state index is -0.878. The van der Waals surface area contributed by atoms with Gasteiger partial charge in [-0.15, -0.1) is 0 Å². The number of hydrogen-bond donors (Lipinski definition) is 3. The number of carboxylic acid groups (broad SMARTS) is 1. The Labute approximate surface area is 118 Å². The second-order valence-corrected chi connectivity index (χ2v) is 5.23. The Morgan fingerprint density at radius 1 is 1.30 bits per heavy atom. The lowest BCUT2D eigenvalue weighted by molar-refractivity contribution is -0.140. The fourth-order valence-electron chi connectivity index (χ4n) is 2.21. The molecule has 1 aliphatic carbocycles. The highest BCUT2D eigenvalue weighted by Gasteiger charge is 2.36. The van der Waals surface area contributed by atoms with Crippen LogP contribution in [0.4, 0.5) is 0 Å². The Kier molecular flexibility index (Phi) is 4.74. The van der Waals surface area contributed by atoms with E-state index in [-0.39, 0.29) is 24.4 Å². The van der Waals surface area contributed by atoms with Gasteiger partial charge in [0, 0.05) is 0 Å². The van der Waals surface area contributed by atoms with E-state index in [9.17, 15) is 9.59 Å². The summed E-state index contributed by atoms with van der Waals surface area (Å²) in [7, 11) is 0. The molecule has 0 bridgehead atoms. The van der Waals surface area contributed by atoms with E-state index in [4.69, 9.17) is 5.11 Å². The molecule has 2 atom stereocenters. The van der Waals surface area contributed by atoms with Gasteiger partial charge in [-0.2, -0.15) is 0 Å². The van der Waals surface area contributed by atoms with E-state index in [1.165, 1.54) is 0 Å². The van der Waals surface area contributed by atoms with Gasteiger partial charge in [-0.05, 0) is 31.2 Å². The molecule has 1 aromatic rings. The standard InChI is InChI=1S/C15H20N2O3/c1-10(11-5-3-2-4-6-11)17-13(18)9-16-14(15(19)20)12-7-8-12/h2-6,10,12,14,16H,7-9H2,1H3,(H,17,18)(H,19,20). The van der Waals surface area contributed by atoms with Crippen LogP contribution >= 0.6 is 0 Å². The van der Waals surface area contributed by atoms with Gasteiger partial charge >= 0.3 is 5.97 Å². The molecule has 0 radical (unpaired) electrons. The van der Waals surface area contributed by atoms with Crippen molar-refractivity contribution >= 4 is 11.9 Å². The number of benzene rings is 1. The Balaban J connectivity index is 1.79. The third kappa shape index (κ3) is 4.06. The molecule has 0 heterocycles.